The minimum absolute atomic E-state index is 0.301. The van der Waals surface area contributed by atoms with E-state index < -0.39 is 0 Å². The van der Waals surface area contributed by atoms with Crippen LogP contribution < -0.4 is 10.1 Å². The quantitative estimate of drug-likeness (QED) is 0.775. The molecule has 0 saturated carbocycles. The van der Waals surface area contributed by atoms with E-state index in [0.717, 1.165) is 11.2 Å². The van der Waals surface area contributed by atoms with Crippen LogP contribution in [0.4, 0.5) is 0 Å². The predicted molar refractivity (Wildman–Crippen MR) is 82.5 cm³/mol. The van der Waals surface area contributed by atoms with Gasteiger partial charge in [0.15, 0.2) is 0 Å². The maximum Gasteiger partial charge on any atom is 0.563 e. The SMILES string of the molecule is Cc1ccc(C(C)C)c2c1OB(c1ccccc1)OC2. The number of benzene rings is 2. The van der Waals surface area contributed by atoms with Gasteiger partial charge in [0.25, 0.3) is 0 Å². The summed E-state index contributed by atoms with van der Waals surface area (Å²) in [6.45, 7) is 7.11. The van der Waals surface area contributed by atoms with Gasteiger partial charge in [-0.2, -0.15) is 0 Å². The Hall–Kier alpha value is -1.74. The number of hydrogen-bond donors (Lipinski definition) is 0. The second-order valence-electron chi connectivity index (χ2n) is 5.61. The van der Waals surface area contributed by atoms with Gasteiger partial charge in [-0.3, -0.25) is 0 Å². The van der Waals surface area contributed by atoms with Crippen molar-refractivity contribution in [3.05, 3.63) is 59.2 Å². The van der Waals surface area contributed by atoms with Crippen LogP contribution in [0.3, 0.4) is 0 Å². The van der Waals surface area contributed by atoms with Gasteiger partial charge in [0.05, 0.1) is 6.61 Å². The molecule has 0 amide bonds. The van der Waals surface area contributed by atoms with Crippen LogP contribution >= 0.6 is 0 Å². The molecule has 0 spiro atoms. The summed E-state index contributed by atoms with van der Waals surface area (Å²) >= 11 is 0. The van der Waals surface area contributed by atoms with Crippen LogP contribution in [0.2, 0.25) is 0 Å². The molecular formula is C17H19BO2. The minimum Gasteiger partial charge on any atom is -0.532 e. The zero-order valence-electron chi connectivity index (χ0n) is 12.2. The first-order chi connectivity index (χ1) is 9.66. The zero-order valence-corrected chi connectivity index (χ0v) is 12.2. The Morgan fingerprint density at radius 1 is 1.05 bits per heavy atom. The molecule has 0 aromatic heterocycles. The summed E-state index contributed by atoms with van der Waals surface area (Å²) in [6, 6.07) is 14.4. The third-order valence-electron chi connectivity index (χ3n) is 3.79. The van der Waals surface area contributed by atoms with Crippen molar-refractivity contribution in [2.75, 3.05) is 0 Å². The topological polar surface area (TPSA) is 18.5 Å². The Morgan fingerprint density at radius 2 is 1.80 bits per heavy atom. The van der Waals surface area contributed by atoms with Crippen LogP contribution in [0.25, 0.3) is 0 Å². The van der Waals surface area contributed by atoms with E-state index in [9.17, 15) is 0 Å². The van der Waals surface area contributed by atoms with Crippen LogP contribution in [-0.2, 0) is 11.3 Å². The molecule has 0 bridgehead atoms. The molecule has 2 aromatic rings. The van der Waals surface area contributed by atoms with E-state index in [1.54, 1.807) is 0 Å². The molecule has 1 aliphatic heterocycles. The lowest BCUT2D eigenvalue weighted by atomic mass is 9.77. The molecule has 3 rings (SSSR count). The smallest absolute Gasteiger partial charge is 0.532 e. The lowest BCUT2D eigenvalue weighted by Gasteiger charge is -2.28. The largest absolute Gasteiger partial charge is 0.563 e. The summed E-state index contributed by atoms with van der Waals surface area (Å²) in [6.07, 6.45) is 0. The zero-order chi connectivity index (χ0) is 14.1. The second kappa shape index (κ2) is 5.33. The van der Waals surface area contributed by atoms with Crippen LogP contribution in [0, 0.1) is 6.92 Å². The highest BCUT2D eigenvalue weighted by Crippen LogP contribution is 2.34. The van der Waals surface area contributed by atoms with Crippen LogP contribution in [-0.4, -0.2) is 7.12 Å². The number of aryl methyl sites for hydroxylation is 1. The van der Waals surface area contributed by atoms with Gasteiger partial charge < -0.3 is 9.31 Å². The van der Waals surface area contributed by atoms with Crippen molar-refractivity contribution >= 4 is 12.6 Å². The van der Waals surface area contributed by atoms with E-state index in [1.165, 1.54) is 16.7 Å². The van der Waals surface area contributed by atoms with Gasteiger partial charge in [0.2, 0.25) is 0 Å². The Kier molecular flexibility index (Phi) is 3.54. The molecule has 1 heterocycles. The average Bonchev–Trinajstić information content (AvgIpc) is 2.48. The molecule has 1 aliphatic rings. The normalized spacial score (nSPS) is 14.1. The molecule has 20 heavy (non-hydrogen) atoms. The number of fused-ring (bicyclic) bond motifs is 1. The van der Waals surface area contributed by atoms with E-state index in [0.29, 0.717) is 12.5 Å². The van der Waals surface area contributed by atoms with Crippen LogP contribution in [0.5, 0.6) is 5.75 Å². The summed E-state index contributed by atoms with van der Waals surface area (Å²) in [5.74, 6) is 1.47. The van der Waals surface area contributed by atoms with Gasteiger partial charge in [-0.15, -0.1) is 0 Å². The molecule has 0 N–H and O–H groups in total. The molecule has 0 aliphatic carbocycles. The highest BCUT2D eigenvalue weighted by molar-refractivity contribution is 6.62. The van der Waals surface area contributed by atoms with Crippen molar-refractivity contribution in [1.29, 1.82) is 0 Å². The third kappa shape index (κ3) is 2.34. The predicted octanol–water partition coefficient (Wildman–Crippen LogP) is 3.42. The summed E-state index contributed by atoms with van der Waals surface area (Å²) in [4.78, 5) is 0. The second-order valence-corrected chi connectivity index (χ2v) is 5.61. The molecule has 3 heteroatoms. The molecule has 2 nitrogen and oxygen atoms in total. The van der Waals surface area contributed by atoms with Crippen molar-refractivity contribution in [2.24, 2.45) is 0 Å². The van der Waals surface area contributed by atoms with Crippen molar-refractivity contribution in [2.45, 2.75) is 33.3 Å². The van der Waals surface area contributed by atoms with Crippen molar-refractivity contribution in [3.8, 4) is 5.75 Å². The van der Waals surface area contributed by atoms with Crippen LogP contribution in [0.1, 0.15) is 36.5 Å². The lowest BCUT2D eigenvalue weighted by Crippen LogP contribution is -2.42. The highest BCUT2D eigenvalue weighted by atomic mass is 16.6. The van der Waals surface area contributed by atoms with Gasteiger partial charge in [-0.05, 0) is 29.4 Å². The van der Waals surface area contributed by atoms with Gasteiger partial charge in [-0.25, -0.2) is 0 Å². The Bertz CT molecular complexity index is 608. The maximum atomic E-state index is 6.12. The average molecular weight is 266 g/mol. The van der Waals surface area contributed by atoms with Crippen molar-refractivity contribution < 1.29 is 9.31 Å². The monoisotopic (exact) mass is 266 g/mol. The Morgan fingerprint density at radius 3 is 2.50 bits per heavy atom. The fraction of sp³-hybridized carbons (Fsp3) is 0.294. The van der Waals surface area contributed by atoms with E-state index >= 15 is 0 Å². The van der Waals surface area contributed by atoms with E-state index in [4.69, 9.17) is 9.31 Å². The Labute approximate surface area is 120 Å². The minimum atomic E-state index is -0.301. The molecule has 0 fully saturated rings. The van der Waals surface area contributed by atoms with Gasteiger partial charge >= 0.3 is 7.12 Å². The van der Waals surface area contributed by atoms with Crippen molar-refractivity contribution in [3.63, 3.8) is 0 Å². The molecule has 0 radical (unpaired) electrons. The summed E-state index contributed by atoms with van der Waals surface area (Å²) in [7, 11) is -0.301. The molecule has 0 unspecified atom stereocenters. The first kappa shape index (κ1) is 13.3. The number of hydrogen-bond acceptors (Lipinski definition) is 2. The fourth-order valence-corrected chi connectivity index (χ4v) is 2.69. The van der Waals surface area contributed by atoms with Crippen LogP contribution in [0.15, 0.2) is 42.5 Å². The lowest BCUT2D eigenvalue weighted by molar-refractivity contribution is 0.236. The Balaban J connectivity index is 1.97. The summed E-state index contributed by atoms with van der Waals surface area (Å²) < 4.78 is 12.0. The standard InChI is InChI=1S/C17H19BO2/c1-12(2)15-10-9-13(3)17-16(15)11-19-18(20-17)14-7-5-4-6-8-14/h4-10,12H,11H2,1-3H3. The highest BCUT2D eigenvalue weighted by Gasteiger charge is 2.31. The van der Waals surface area contributed by atoms with Gasteiger partial charge in [0.1, 0.15) is 5.75 Å². The van der Waals surface area contributed by atoms with E-state index in [2.05, 4.69) is 32.9 Å². The summed E-state index contributed by atoms with van der Waals surface area (Å²) in [5.41, 5.74) is 4.76. The first-order valence-corrected chi connectivity index (χ1v) is 7.12. The van der Waals surface area contributed by atoms with Gasteiger partial charge in [-0.1, -0.05) is 56.3 Å². The number of rotatable bonds is 2. The summed E-state index contributed by atoms with van der Waals surface area (Å²) in [5, 5.41) is 0. The maximum absolute atomic E-state index is 6.12. The molecule has 102 valence electrons. The first-order valence-electron chi connectivity index (χ1n) is 7.12. The van der Waals surface area contributed by atoms with Crippen molar-refractivity contribution in [1.82, 2.24) is 0 Å². The molecule has 0 atom stereocenters. The van der Waals surface area contributed by atoms with E-state index in [1.807, 2.05) is 30.3 Å². The fourth-order valence-electron chi connectivity index (χ4n) is 2.69. The third-order valence-corrected chi connectivity index (χ3v) is 3.79. The molecule has 2 aromatic carbocycles. The van der Waals surface area contributed by atoms with E-state index in [-0.39, 0.29) is 7.12 Å². The molecular weight excluding hydrogens is 247 g/mol. The van der Waals surface area contributed by atoms with Gasteiger partial charge in [0, 0.05) is 5.56 Å². The molecule has 0 saturated heterocycles.